The van der Waals surface area contributed by atoms with Crippen LogP contribution in [0.1, 0.15) is 17.9 Å². The minimum absolute atomic E-state index is 0.0523. The van der Waals surface area contributed by atoms with Crippen molar-refractivity contribution >= 4 is 5.91 Å². The summed E-state index contributed by atoms with van der Waals surface area (Å²) in [5.41, 5.74) is 1.72. The standard InChI is InChI=1S/C20H20FN3O3/c1-24(19(25)12-5-14-3-8-16(21)9-4-14)13-18-22-20(23-27-18)15-6-10-17(26-2)11-7-15/h3-4,6-11H,5,12-13H2,1-2H3. The summed E-state index contributed by atoms with van der Waals surface area (Å²) in [5, 5.41) is 3.96. The Balaban J connectivity index is 1.55. The Labute approximate surface area is 156 Å². The highest BCUT2D eigenvalue weighted by Gasteiger charge is 2.15. The second-order valence-corrected chi connectivity index (χ2v) is 6.12. The van der Waals surface area contributed by atoms with Gasteiger partial charge in [0.1, 0.15) is 11.6 Å². The number of rotatable bonds is 7. The first-order valence-corrected chi connectivity index (χ1v) is 8.50. The van der Waals surface area contributed by atoms with Gasteiger partial charge >= 0.3 is 0 Å². The van der Waals surface area contributed by atoms with E-state index in [2.05, 4.69) is 10.1 Å². The zero-order valence-electron chi connectivity index (χ0n) is 15.2. The maximum Gasteiger partial charge on any atom is 0.246 e. The minimum Gasteiger partial charge on any atom is -0.497 e. The number of aryl methyl sites for hydroxylation is 1. The highest BCUT2D eigenvalue weighted by molar-refractivity contribution is 5.76. The lowest BCUT2D eigenvalue weighted by atomic mass is 10.1. The van der Waals surface area contributed by atoms with Gasteiger partial charge in [-0.1, -0.05) is 17.3 Å². The number of nitrogens with zero attached hydrogens (tertiary/aromatic N) is 3. The van der Waals surface area contributed by atoms with Gasteiger partial charge < -0.3 is 14.2 Å². The van der Waals surface area contributed by atoms with Crippen LogP contribution in [-0.4, -0.2) is 35.1 Å². The van der Waals surface area contributed by atoms with Crippen molar-refractivity contribution in [3.05, 3.63) is 65.8 Å². The van der Waals surface area contributed by atoms with Crippen LogP contribution < -0.4 is 4.74 Å². The van der Waals surface area contributed by atoms with Gasteiger partial charge in [-0.05, 0) is 48.4 Å². The first-order valence-electron chi connectivity index (χ1n) is 8.50. The van der Waals surface area contributed by atoms with E-state index < -0.39 is 0 Å². The molecule has 0 saturated carbocycles. The normalized spacial score (nSPS) is 10.6. The van der Waals surface area contributed by atoms with Crippen molar-refractivity contribution in [1.29, 1.82) is 0 Å². The highest BCUT2D eigenvalue weighted by atomic mass is 19.1. The third-order valence-electron chi connectivity index (χ3n) is 4.16. The number of methoxy groups -OCH3 is 1. The van der Waals surface area contributed by atoms with Gasteiger partial charge in [0.25, 0.3) is 0 Å². The molecule has 0 radical (unpaired) electrons. The number of carbonyl (C=O) groups excluding carboxylic acids is 1. The molecule has 6 nitrogen and oxygen atoms in total. The summed E-state index contributed by atoms with van der Waals surface area (Å²) in [5.74, 6) is 1.22. The quantitative estimate of drug-likeness (QED) is 0.638. The number of hydrogen-bond donors (Lipinski definition) is 0. The fraction of sp³-hybridized carbons (Fsp3) is 0.250. The van der Waals surface area contributed by atoms with Crippen LogP contribution in [0.3, 0.4) is 0 Å². The third kappa shape index (κ3) is 4.91. The number of hydrogen-bond acceptors (Lipinski definition) is 5. The molecule has 0 aliphatic carbocycles. The Hall–Kier alpha value is -3.22. The van der Waals surface area contributed by atoms with Crippen LogP contribution >= 0.6 is 0 Å². The van der Waals surface area contributed by atoms with Crippen LogP contribution in [0.5, 0.6) is 5.75 Å². The first-order chi connectivity index (χ1) is 13.0. The fourth-order valence-corrected chi connectivity index (χ4v) is 2.56. The van der Waals surface area contributed by atoms with Gasteiger partial charge in [0, 0.05) is 19.0 Å². The summed E-state index contributed by atoms with van der Waals surface area (Å²) in [7, 11) is 3.29. The molecule has 0 unspecified atom stereocenters. The van der Waals surface area contributed by atoms with E-state index >= 15 is 0 Å². The molecule has 140 valence electrons. The molecule has 0 aliphatic heterocycles. The molecule has 7 heteroatoms. The molecule has 0 spiro atoms. The highest BCUT2D eigenvalue weighted by Crippen LogP contribution is 2.20. The number of carbonyl (C=O) groups is 1. The number of benzene rings is 2. The van der Waals surface area contributed by atoms with E-state index in [9.17, 15) is 9.18 Å². The summed E-state index contributed by atoms with van der Waals surface area (Å²) < 4.78 is 23.3. The topological polar surface area (TPSA) is 68.5 Å². The van der Waals surface area contributed by atoms with E-state index in [1.807, 2.05) is 24.3 Å². The lowest BCUT2D eigenvalue weighted by Crippen LogP contribution is -2.26. The van der Waals surface area contributed by atoms with Crippen molar-refractivity contribution in [1.82, 2.24) is 15.0 Å². The number of ether oxygens (including phenoxy) is 1. The molecule has 0 atom stereocenters. The lowest BCUT2D eigenvalue weighted by molar-refractivity contribution is -0.130. The molecular weight excluding hydrogens is 349 g/mol. The van der Waals surface area contributed by atoms with Crippen molar-refractivity contribution in [3.8, 4) is 17.1 Å². The van der Waals surface area contributed by atoms with E-state index in [-0.39, 0.29) is 18.3 Å². The number of halogens is 1. The lowest BCUT2D eigenvalue weighted by Gasteiger charge is -2.14. The Kier molecular flexibility index (Phi) is 5.80. The fourth-order valence-electron chi connectivity index (χ4n) is 2.56. The van der Waals surface area contributed by atoms with Gasteiger partial charge in [0.05, 0.1) is 13.7 Å². The van der Waals surface area contributed by atoms with Crippen LogP contribution in [0.2, 0.25) is 0 Å². The summed E-state index contributed by atoms with van der Waals surface area (Å²) in [6, 6.07) is 13.5. The van der Waals surface area contributed by atoms with Crippen LogP contribution in [0.15, 0.2) is 53.1 Å². The Morgan fingerprint density at radius 2 is 1.85 bits per heavy atom. The molecule has 1 aromatic heterocycles. The zero-order valence-corrected chi connectivity index (χ0v) is 15.2. The molecule has 1 amide bonds. The predicted octanol–water partition coefficient (Wildman–Crippen LogP) is 3.48. The monoisotopic (exact) mass is 369 g/mol. The van der Waals surface area contributed by atoms with Crippen molar-refractivity contribution in [3.63, 3.8) is 0 Å². The van der Waals surface area contributed by atoms with Crippen molar-refractivity contribution in [2.24, 2.45) is 0 Å². The maximum absolute atomic E-state index is 12.9. The number of amides is 1. The SMILES string of the molecule is COc1ccc(-c2noc(CN(C)C(=O)CCc3ccc(F)cc3)n2)cc1. The second kappa shape index (κ2) is 8.44. The average molecular weight is 369 g/mol. The largest absolute Gasteiger partial charge is 0.497 e. The van der Waals surface area contributed by atoms with Gasteiger partial charge in [-0.15, -0.1) is 0 Å². The van der Waals surface area contributed by atoms with Crippen LogP contribution in [-0.2, 0) is 17.8 Å². The summed E-state index contributed by atoms with van der Waals surface area (Å²) in [6.45, 7) is 0.228. The molecular formula is C20H20FN3O3. The number of aromatic nitrogens is 2. The Morgan fingerprint density at radius 1 is 1.15 bits per heavy atom. The molecule has 1 heterocycles. The van der Waals surface area contributed by atoms with Crippen LogP contribution in [0, 0.1) is 5.82 Å². The molecule has 3 aromatic rings. The van der Waals surface area contributed by atoms with Gasteiger partial charge in [0.15, 0.2) is 0 Å². The molecule has 3 rings (SSSR count). The molecule has 27 heavy (non-hydrogen) atoms. The van der Waals surface area contributed by atoms with Gasteiger partial charge in [0.2, 0.25) is 17.6 Å². The Morgan fingerprint density at radius 3 is 2.52 bits per heavy atom. The van der Waals surface area contributed by atoms with Crippen LogP contribution in [0.25, 0.3) is 11.4 Å². The summed E-state index contributed by atoms with van der Waals surface area (Å²) in [6.07, 6.45) is 0.867. The van der Waals surface area contributed by atoms with E-state index in [0.29, 0.717) is 24.6 Å². The van der Waals surface area contributed by atoms with Crippen LogP contribution in [0.4, 0.5) is 4.39 Å². The predicted molar refractivity (Wildman–Crippen MR) is 97.5 cm³/mol. The molecule has 0 bridgehead atoms. The molecule has 0 N–H and O–H groups in total. The van der Waals surface area contributed by atoms with E-state index in [1.165, 1.54) is 17.0 Å². The first kappa shape index (κ1) is 18.6. The molecule has 0 saturated heterocycles. The maximum atomic E-state index is 12.9. The molecule has 0 fully saturated rings. The van der Waals surface area contributed by atoms with Crippen molar-refractivity contribution < 1.29 is 18.4 Å². The van der Waals surface area contributed by atoms with E-state index in [1.54, 1.807) is 26.3 Å². The molecule has 0 aliphatic rings. The van der Waals surface area contributed by atoms with Gasteiger partial charge in [-0.25, -0.2) is 4.39 Å². The molecule has 2 aromatic carbocycles. The van der Waals surface area contributed by atoms with Crippen molar-refractivity contribution in [2.45, 2.75) is 19.4 Å². The van der Waals surface area contributed by atoms with E-state index in [0.717, 1.165) is 16.9 Å². The summed E-state index contributed by atoms with van der Waals surface area (Å²) >= 11 is 0. The summed E-state index contributed by atoms with van der Waals surface area (Å²) in [4.78, 5) is 18.2. The van der Waals surface area contributed by atoms with Gasteiger partial charge in [-0.3, -0.25) is 4.79 Å². The van der Waals surface area contributed by atoms with Gasteiger partial charge in [-0.2, -0.15) is 4.98 Å². The minimum atomic E-state index is -0.286. The third-order valence-corrected chi connectivity index (χ3v) is 4.16. The average Bonchev–Trinajstić information content (AvgIpc) is 3.15. The smallest absolute Gasteiger partial charge is 0.246 e. The zero-order chi connectivity index (χ0) is 19.2. The second-order valence-electron chi connectivity index (χ2n) is 6.12. The Bertz CT molecular complexity index is 892. The van der Waals surface area contributed by atoms with E-state index in [4.69, 9.17) is 9.26 Å². The van der Waals surface area contributed by atoms with Crippen molar-refractivity contribution in [2.75, 3.05) is 14.2 Å².